The number of amides is 1. The lowest BCUT2D eigenvalue weighted by atomic mass is 10.1. The maximum Gasteiger partial charge on any atom is 0.265 e. The molecule has 2 aromatic heterocycles. The van der Waals surface area contributed by atoms with Crippen molar-refractivity contribution in [3.63, 3.8) is 0 Å². The minimum atomic E-state index is -0.502. The first-order valence-electron chi connectivity index (χ1n) is 9.32. The third-order valence-corrected chi connectivity index (χ3v) is 5.05. The molecule has 0 bridgehead atoms. The molecule has 1 unspecified atom stereocenters. The standard InChI is InChI=1S/C21H19N7O/c22-19(29)17-8-4-7-16-18(25-12-28(16)17)21-26-15-11-23-10-14(15)20(27-21)24-9-13-5-2-1-3-6-13/h1-8,11-12,21,26H,9-10H2,(H2,22,29)(H,24,27). The molecule has 29 heavy (non-hydrogen) atoms. The fourth-order valence-electron chi connectivity index (χ4n) is 3.62. The molecule has 1 amide bonds. The molecular weight excluding hydrogens is 366 g/mol. The number of allylic oxidation sites excluding steroid dienone is 1. The van der Waals surface area contributed by atoms with E-state index in [0.29, 0.717) is 18.8 Å². The van der Waals surface area contributed by atoms with Crippen LogP contribution in [0.4, 0.5) is 0 Å². The number of aromatic nitrogens is 2. The van der Waals surface area contributed by atoms with Gasteiger partial charge in [-0.15, -0.1) is 0 Å². The van der Waals surface area contributed by atoms with Crippen molar-refractivity contribution in [1.82, 2.24) is 20.0 Å². The number of imidazole rings is 1. The van der Waals surface area contributed by atoms with Crippen molar-refractivity contribution >= 4 is 23.5 Å². The van der Waals surface area contributed by atoms with Crippen LogP contribution in [0.2, 0.25) is 0 Å². The quantitative estimate of drug-likeness (QED) is 0.633. The van der Waals surface area contributed by atoms with Crippen molar-refractivity contribution in [3.05, 3.63) is 83.1 Å². The monoisotopic (exact) mass is 385 g/mol. The number of benzene rings is 1. The molecule has 5 rings (SSSR count). The molecule has 2 aliphatic rings. The van der Waals surface area contributed by atoms with E-state index in [1.54, 1.807) is 22.9 Å². The van der Waals surface area contributed by atoms with E-state index in [9.17, 15) is 4.79 Å². The summed E-state index contributed by atoms with van der Waals surface area (Å²) in [6, 6.07) is 15.5. The van der Waals surface area contributed by atoms with Gasteiger partial charge in [0.15, 0.2) is 6.17 Å². The van der Waals surface area contributed by atoms with Gasteiger partial charge in [-0.3, -0.25) is 14.2 Å². The summed E-state index contributed by atoms with van der Waals surface area (Å²) in [5, 5.41) is 6.84. The molecule has 4 heterocycles. The zero-order valence-electron chi connectivity index (χ0n) is 15.5. The lowest BCUT2D eigenvalue weighted by Crippen LogP contribution is -2.35. The number of primary amides is 1. The van der Waals surface area contributed by atoms with Crippen molar-refractivity contribution in [1.29, 1.82) is 0 Å². The van der Waals surface area contributed by atoms with E-state index >= 15 is 0 Å². The molecule has 0 fully saturated rings. The van der Waals surface area contributed by atoms with Gasteiger partial charge in [0, 0.05) is 18.3 Å². The van der Waals surface area contributed by atoms with Crippen LogP contribution in [0.1, 0.15) is 27.9 Å². The van der Waals surface area contributed by atoms with Gasteiger partial charge in [-0.1, -0.05) is 36.4 Å². The summed E-state index contributed by atoms with van der Waals surface area (Å²) in [6.45, 7) is 1.25. The van der Waals surface area contributed by atoms with Crippen LogP contribution < -0.4 is 16.4 Å². The predicted molar refractivity (Wildman–Crippen MR) is 111 cm³/mol. The predicted octanol–water partition coefficient (Wildman–Crippen LogP) is 1.56. The van der Waals surface area contributed by atoms with Crippen molar-refractivity contribution in [3.8, 4) is 0 Å². The molecule has 8 heteroatoms. The minimum Gasteiger partial charge on any atom is -0.366 e. The molecule has 0 saturated heterocycles. The first kappa shape index (κ1) is 17.2. The van der Waals surface area contributed by atoms with Gasteiger partial charge in [0.05, 0.1) is 17.8 Å². The van der Waals surface area contributed by atoms with Gasteiger partial charge in [0.1, 0.15) is 23.6 Å². The van der Waals surface area contributed by atoms with E-state index < -0.39 is 12.1 Å². The fraction of sp³-hybridized carbons (Fsp3) is 0.143. The molecular formula is C21H19N7O. The molecule has 0 spiro atoms. The largest absolute Gasteiger partial charge is 0.366 e. The molecule has 4 N–H and O–H groups in total. The third kappa shape index (κ3) is 3.04. The van der Waals surface area contributed by atoms with Crippen LogP contribution in [0, 0.1) is 0 Å². The van der Waals surface area contributed by atoms with Crippen LogP contribution in [0.5, 0.6) is 0 Å². The Morgan fingerprint density at radius 1 is 1.21 bits per heavy atom. The Kier molecular flexibility index (Phi) is 4.09. The normalized spacial score (nSPS) is 17.8. The van der Waals surface area contributed by atoms with Crippen LogP contribution in [-0.4, -0.2) is 33.9 Å². The number of nitrogens with two attached hydrogens (primary N) is 1. The summed E-state index contributed by atoms with van der Waals surface area (Å²) in [5.74, 6) is 0.301. The molecule has 1 aromatic carbocycles. The highest BCUT2D eigenvalue weighted by atomic mass is 16.1. The number of fused-ring (bicyclic) bond motifs is 1. The number of amidine groups is 1. The van der Waals surface area contributed by atoms with E-state index in [4.69, 9.17) is 10.7 Å². The fourth-order valence-corrected chi connectivity index (χ4v) is 3.62. The Morgan fingerprint density at radius 3 is 2.90 bits per heavy atom. The number of hydrogen-bond donors (Lipinski definition) is 3. The molecule has 3 aromatic rings. The number of hydrogen-bond acceptors (Lipinski definition) is 6. The number of nitrogens with one attached hydrogen (secondary N) is 2. The van der Waals surface area contributed by atoms with Crippen molar-refractivity contribution in [2.45, 2.75) is 12.7 Å². The van der Waals surface area contributed by atoms with Crippen LogP contribution in [0.25, 0.3) is 5.52 Å². The van der Waals surface area contributed by atoms with E-state index in [1.807, 2.05) is 30.5 Å². The Bertz CT molecular complexity index is 1190. The number of nitrogens with zero attached hydrogens (tertiary/aromatic N) is 4. The molecule has 0 saturated carbocycles. The summed E-state index contributed by atoms with van der Waals surface area (Å²) in [6.07, 6.45) is 3.03. The second-order valence-corrected chi connectivity index (χ2v) is 6.89. The summed E-state index contributed by atoms with van der Waals surface area (Å²) < 4.78 is 1.69. The maximum atomic E-state index is 11.7. The first-order valence-corrected chi connectivity index (χ1v) is 9.32. The highest BCUT2D eigenvalue weighted by Crippen LogP contribution is 2.27. The van der Waals surface area contributed by atoms with E-state index in [1.165, 1.54) is 5.56 Å². The van der Waals surface area contributed by atoms with Crippen LogP contribution in [0.15, 0.2) is 76.1 Å². The zero-order chi connectivity index (χ0) is 19.8. The lowest BCUT2D eigenvalue weighted by molar-refractivity contribution is 0.0994. The summed E-state index contributed by atoms with van der Waals surface area (Å²) >= 11 is 0. The SMILES string of the molecule is NC(=O)c1cccc2c(C3N=C(NCc4ccccc4)C4=C(C=NC4)N3)ncn12. The van der Waals surface area contributed by atoms with Gasteiger partial charge in [-0.25, -0.2) is 9.98 Å². The number of pyridine rings is 1. The van der Waals surface area contributed by atoms with E-state index in [-0.39, 0.29) is 0 Å². The highest BCUT2D eigenvalue weighted by molar-refractivity contribution is 6.06. The Labute approximate surface area is 166 Å². The molecule has 0 aliphatic carbocycles. The molecule has 1 atom stereocenters. The van der Waals surface area contributed by atoms with Gasteiger partial charge in [-0.05, 0) is 17.7 Å². The lowest BCUT2D eigenvalue weighted by Gasteiger charge is -2.24. The molecule has 2 aliphatic heterocycles. The highest BCUT2D eigenvalue weighted by Gasteiger charge is 2.28. The number of carbonyl (C=O) groups excluding carboxylic acids is 1. The Hall–Kier alpha value is -3.94. The smallest absolute Gasteiger partial charge is 0.265 e. The summed E-state index contributed by atoms with van der Waals surface area (Å²) in [4.78, 5) is 25.5. The topological polar surface area (TPSA) is 109 Å². The average Bonchev–Trinajstić information content (AvgIpc) is 3.39. The van der Waals surface area contributed by atoms with Crippen LogP contribution >= 0.6 is 0 Å². The summed E-state index contributed by atoms with van der Waals surface area (Å²) in [7, 11) is 0. The van der Waals surface area contributed by atoms with E-state index in [2.05, 4.69) is 32.7 Å². The summed E-state index contributed by atoms with van der Waals surface area (Å²) in [5.41, 5.74) is 10.5. The van der Waals surface area contributed by atoms with Gasteiger partial charge in [0.2, 0.25) is 0 Å². The van der Waals surface area contributed by atoms with Crippen molar-refractivity contribution in [2.75, 3.05) is 6.54 Å². The van der Waals surface area contributed by atoms with Gasteiger partial charge in [0.25, 0.3) is 5.91 Å². The molecule has 0 radical (unpaired) electrons. The second kappa shape index (κ2) is 6.90. The van der Waals surface area contributed by atoms with Crippen LogP contribution in [0.3, 0.4) is 0 Å². The van der Waals surface area contributed by atoms with Crippen LogP contribution in [-0.2, 0) is 6.54 Å². The number of aliphatic imine (C=N–C) groups is 2. The minimum absolute atomic E-state index is 0.380. The van der Waals surface area contributed by atoms with E-state index in [0.717, 1.165) is 28.3 Å². The zero-order valence-corrected chi connectivity index (χ0v) is 15.5. The van der Waals surface area contributed by atoms with Crippen molar-refractivity contribution in [2.24, 2.45) is 15.7 Å². The Morgan fingerprint density at radius 2 is 2.07 bits per heavy atom. The molecule has 8 nitrogen and oxygen atoms in total. The maximum absolute atomic E-state index is 11.7. The van der Waals surface area contributed by atoms with Gasteiger partial charge in [-0.2, -0.15) is 0 Å². The number of carbonyl (C=O) groups is 1. The number of rotatable bonds is 4. The first-order chi connectivity index (χ1) is 14.2. The Balaban J connectivity index is 1.50. The third-order valence-electron chi connectivity index (χ3n) is 5.05. The van der Waals surface area contributed by atoms with Crippen molar-refractivity contribution < 1.29 is 4.79 Å². The molecule has 144 valence electrons. The van der Waals surface area contributed by atoms with Gasteiger partial charge < -0.3 is 16.4 Å². The second-order valence-electron chi connectivity index (χ2n) is 6.89. The van der Waals surface area contributed by atoms with Gasteiger partial charge >= 0.3 is 0 Å². The average molecular weight is 385 g/mol.